The van der Waals surface area contributed by atoms with Gasteiger partial charge >= 0.3 is 0 Å². The molecular weight excluding hydrogens is 228 g/mol. The van der Waals surface area contributed by atoms with E-state index in [0.717, 1.165) is 18.8 Å². The molecule has 0 unspecified atom stereocenters. The van der Waals surface area contributed by atoms with Gasteiger partial charge in [0.1, 0.15) is 5.69 Å². The largest absolute Gasteiger partial charge is 0.409 e. The summed E-state index contributed by atoms with van der Waals surface area (Å²) in [7, 11) is 0. The van der Waals surface area contributed by atoms with Crippen molar-refractivity contribution in [3.8, 4) is 0 Å². The minimum Gasteiger partial charge on any atom is -0.409 e. The summed E-state index contributed by atoms with van der Waals surface area (Å²) >= 11 is 0. The number of amidine groups is 1. The number of piperidine rings is 1. The quantitative estimate of drug-likeness (QED) is 0.362. The van der Waals surface area contributed by atoms with Gasteiger partial charge in [0.2, 0.25) is 0 Å². The maximum absolute atomic E-state index is 8.58. The molecule has 1 saturated heterocycles. The summed E-state index contributed by atoms with van der Waals surface area (Å²) in [6, 6.07) is 3.75. The highest BCUT2D eigenvalue weighted by atomic mass is 16.4. The van der Waals surface area contributed by atoms with Crippen molar-refractivity contribution in [3.05, 3.63) is 24.0 Å². The predicted octanol–water partition coefficient (Wildman–Crippen LogP) is 1.80. The van der Waals surface area contributed by atoms with Crippen molar-refractivity contribution in [1.29, 1.82) is 0 Å². The Morgan fingerprint density at radius 3 is 2.56 bits per heavy atom. The summed E-state index contributed by atoms with van der Waals surface area (Å²) in [4.78, 5) is 6.53. The van der Waals surface area contributed by atoms with E-state index < -0.39 is 0 Å². The maximum atomic E-state index is 8.58. The van der Waals surface area contributed by atoms with E-state index in [1.165, 1.54) is 12.8 Å². The Labute approximate surface area is 107 Å². The molecule has 0 aliphatic carbocycles. The minimum atomic E-state index is 0.0429. The van der Waals surface area contributed by atoms with Crippen molar-refractivity contribution < 1.29 is 5.21 Å². The fourth-order valence-corrected chi connectivity index (χ4v) is 2.15. The van der Waals surface area contributed by atoms with E-state index in [2.05, 4.69) is 28.9 Å². The fourth-order valence-electron chi connectivity index (χ4n) is 2.15. The van der Waals surface area contributed by atoms with E-state index in [9.17, 15) is 0 Å². The number of nitrogens with two attached hydrogens (primary N) is 1. The molecule has 0 saturated carbocycles. The van der Waals surface area contributed by atoms with Gasteiger partial charge in [0.05, 0.1) is 11.9 Å². The highest BCUT2D eigenvalue weighted by Gasteiger charge is 2.25. The van der Waals surface area contributed by atoms with Gasteiger partial charge in [0, 0.05) is 13.1 Å². The van der Waals surface area contributed by atoms with Gasteiger partial charge in [0.15, 0.2) is 5.84 Å². The van der Waals surface area contributed by atoms with E-state index in [1.807, 2.05) is 6.07 Å². The van der Waals surface area contributed by atoms with E-state index >= 15 is 0 Å². The number of aromatic nitrogens is 1. The van der Waals surface area contributed by atoms with Crippen LogP contribution in [0.25, 0.3) is 0 Å². The molecule has 2 heterocycles. The Bertz CT molecular complexity index is 429. The molecule has 0 radical (unpaired) electrons. The fraction of sp³-hybridized carbons (Fsp3) is 0.538. The van der Waals surface area contributed by atoms with Crippen molar-refractivity contribution in [2.45, 2.75) is 26.7 Å². The van der Waals surface area contributed by atoms with Gasteiger partial charge < -0.3 is 15.8 Å². The van der Waals surface area contributed by atoms with Crippen molar-refractivity contribution in [1.82, 2.24) is 4.98 Å². The molecule has 0 bridgehead atoms. The van der Waals surface area contributed by atoms with Crippen LogP contribution in [-0.2, 0) is 0 Å². The maximum Gasteiger partial charge on any atom is 0.188 e. The third kappa shape index (κ3) is 2.72. The molecule has 1 aliphatic rings. The number of anilines is 1. The Morgan fingerprint density at radius 1 is 1.39 bits per heavy atom. The van der Waals surface area contributed by atoms with Crippen LogP contribution in [0.1, 0.15) is 32.4 Å². The van der Waals surface area contributed by atoms with Gasteiger partial charge in [0.25, 0.3) is 0 Å². The van der Waals surface area contributed by atoms with Crippen molar-refractivity contribution in [2.75, 3.05) is 18.0 Å². The summed E-state index contributed by atoms with van der Waals surface area (Å²) in [5.41, 5.74) is 7.52. The van der Waals surface area contributed by atoms with Gasteiger partial charge in [-0.1, -0.05) is 19.0 Å². The zero-order chi connectivity index (χ0) is 13.2. The minimum absolute atomic E-state index is 0.0429. The molecule has 0 atom stereocenters. The molecule has 0 amide bonds. The molecule has 5 heteroatoms. The highest BCUT2D eigenvalue weighted by Crippen LogP contribution is 2.31. The van der Waals surface area contributed by atoms with Crippen LogP contribution in [0, 0.1) is 5.41 Å². The molecule has 1 aromatic rings. The SMILES string of the molecule is CC1(C)CCN(c2ccc(/C(N)=N/O)nc2)CC1. The van der Waals surface area contributed by atoms with Gasteiger partial charge in [-0.3, -0.25) is 4.98 Å². The van der Waals surface area contributed by atoms with Crippen LogP contribution in [0.3, 0.4) is 0 Å². The molecule has 18 heavy (non-hydrogen) atoms. The number of hydrogen-bond donors (Lipinski definition) is 2. The van der Waals surface area contributed by atoms with Crippen LogP contribution < -0.4 is 10.6 Å². The first-order valence-electron chi connectivity index (χ1n) is 6.21. The number of rotatable bonds is 2. The van der Waals surface area contributed by atoms with Gasteiger partial charge in [-0.15, -0.1) is 0 Å². The number of nitrogens with zero attached hydrogens (tertiary/aromatic N) is 3. The lowest BCUT2D eigenvalue weighted by Gasteiger charge is -2.38. The highest BCUT2D eigenvalue weighted by molar-refractivity contribution is 5.95. The van der Waals surface area contributed by atoms with Crippen LogP contribution >= 0.6 is 0 Å². The molecular formula is C13H20N4O. The summed E-state index contributed by atoms with van der Waals surface area (Å²) in [5, 5.41) is 11.5. The van der Waals surface area contributed by atoms with Gasteiger partial charge in [-0.05, 0) is 30.4 Å². The van der Waals surface area contributed by atoms with Crippen molar-refractivity contribution in [2.24, 2.45) is 16.3 Å². The molecule has 5 nitrogen and oxygen atoms in total. The second-order valence-corrected chi connectivity index (χ2v) is 5.54. The number of oxime groups is 1. The zero-order valence-corrected chi connectivity index (χ0v) is 10.9. The first-order chi connectivity index (χ1) is 8.52. The molecule has 1 aliphatic heterocycles. The van der Waals surface area contributed by atoms with E-state index in [4.69, 9.17) is 10.9 Å². The normalized spacial score (nSPS) is 19.9. The zero-order valence-electron chi connectivity index (χ0n) is 10.9. The first-order valence-corrected chi connectivity index (χ1v) is 6.21. The smallest absolute Gasteiger partial charge is 0.188 e. The van der Waals surface area contributed by atoms with Crippen LogP contribution in [-0.4, -0.2) is 29.1 Å². The molecule has 0 aromatic carbocycles. The lowest BCUT2D eigenvalue weighted by atomic mass is 9.82. The van der Waals surface area contributed by atoms with E-state index in [-0.39, 0.29) is 5.84 Å². The molecule has 0 spiro atoms. The lowest BCUT2D eigenvalue weighted by Crippen LogP contribution is -2.37. The molecule has 2 rings (SSSR count). The van der Waals surface area contributed by atoms with Crippen LogP contribution in [0.2, 0.25) is 0 Å². The number of pyridine rings is 1. The summed E-state index contributed by atoms with van der Waals surface area (Å²) in [6.07, 6.45) is 4.16. The third-order valence-electron chi connectivity index (χ3n) is 3.60. The van der Waals surface area contributed by atoms with Crippen LogP contribution in [0.5, 0.6) is 0 Å². The topological polar surface area (TPSA) is 74.7 Å². The predicted molar refractivity (Wildman–Crippen MR) is 72.0 cm³/mol. The van der Waals surface area contributed by atoms with E-state index in [1.54, 1.807) is 12.3 Å². The summed E-state index contributed by atoms with van der Waals surface area (Å²) in [6.45, 7) is 6.73. The standard InChI is InChI=1S/C13H20N4O/c1-13(2)5-7-17(8-6-13)10-3-4-11(15-9-10)12(14)16-18/h3-4,9,18H,5-8H2,1-2H3,(H2,14,16). The second-order valence-electron chi connectivity index (χ2n) is 5.54. The molecule has 98 valence electrons. The summed E-state index contributed by atoms with van der Waals surface area (Å²) in [5.74, 6) is 0.0429. The van der Waals surface area contributed by atoms with E-state index in [0.29, 0.717) is 11.1 Å². The Hall–Kier alpha value is -1.78. The van der Waals surface area contributed by atoms with Gasteiger partial charge in [-0.25, -0.2) is 0 Å². The Balaban J connectivity index is 2.07. The lowest BCUT2D eigenvalue weighted by molar-refractivity contribution is 0.280. The monoisotopic (exact) mass is 248 g/mol. The van der Waals surface area contributed by atoms with Crippen molar-refractivity contribution in [3.63, 3.8) is 0 Å². The molecule has 1 aromatic heterocycles. The second kappa shape index (κ2) is 4.84. The molecule has 3 N–H and O–H groups in total. The van der Waals surface area contributed by atoms with Crippen LogP contribution in [0.15, 0.2) is 23.5 Å². The summed E-state index contributed by atoms with van der Waals surface area (Å²) < 4.78 is 0. The first kappa shape index (κ1) is 12.7. The average Bonchev–Trinajstić information content (AvgIpc) is 2.38. The van der Waals surface area contributed by atoms with Gasteiger partial charge in [-0.2, -0.15) is 0 Å². The number of hydrogen-bond acceptors (Lipinski definition) is 4. The Kier molecular flexibility index (Phi) is 3.41. The average molecular weight is 248 g/mol. The van der Waals surface area contributed by atoms with Crippen LogP contribution in [0.4, 0.5) is 5.69 Å². The van der Waals surface area contributed by atoms with Crippen molar-refractivity contribution >= 4 is 11.5 Å². The molecule has 1 fully saturated rings. The third-order valence-corrected chi connectivity index (χ3v) is 3.60. The Morgan fingerprint density at radius 2 is 2.06 bits per heavy atom.